The maximum Gasteiger partial charge on any atom is 0.152 e. The molecule has 78 valence electrons. The fraction of sp³-hybridized carbons (Fsp3) is 0.600. The van der Waals surface area contributed by atoms with Crippen molar-refractivity contribution >= 4 is 5.69 Å². The molecule has 1 fully saturated rings. The summed E-state index contributed by atoms with van der Waals surface area (Å²) in [5.41, 5.74) is 1.04. The van der Waals surface area contributed by atoms with Gasteiger partial charge in [-0.25, -0.2) is 0 Å². The molecule has 1 aromatic rings. The average Bonchev–Trinajstić information content (AvgIpc) is 2.67. The van der Waals surface area contributed by atoms with Gasteiger partial charge in [-0.15, -0.1) is 0 Å². The third-order valence-corrected chi connectivity index (χ3v) is 2.71. The molecule has 0 aromatic carbocycles. The number of aliphatic hydroxyl groups excluding tert-OH is 1. The van der Waals surface area contributed by atoms with Crippen LogP contribution in [0.4, 0.5) is 5.69 Å². The van der Waals surface area contributed by atoms with E-state index in [0.717, 1.165) is 31.9 Å². The van der Waals surface area contributed by atoms with E-state index in [4.69, 9.17) is 9.52 Å². The van der Waals surface area contributed by atoms with Gasteiger partial charge in [-0.3, -0.25) is 0 Å². The Kier molecular flexibility index (Phi) is 2.74. The molecule has 14 heavy (non-hydrogen) atoms. The minimum absolute atomic E-state index is 0.0192. The highest BCUT2D eigenvalue weighted by Gasteiger charge is 2.18. The molecule has 1 saturated heterocycles. The summed E-state index contributed by atoms with van der Waals surface area (Å²) in [5, 5.41) is 9.06. The molecule has 0 radical (unpaired) electrons. The summed E-state index contributed by atoms with van der Waals surface area (Å²) >= 11 is 0. The predicted molar refractivity (Wildman–Crippen MR) is 54.3 cm³/mol. The van der Waals surface area contributed by atoms with E-state index in [1.54, 1.807) is 6.26 Å². The Morgan fingerprint density at radius 3 is 2.71 bits per heavy atom. The van der Waals surface area contributed by atoms with Gasteiger partial charge >= 0.3 is 0 Å². The fourth-order valence-corrected chi connectivity index (χ4v) is 1.78. The molecule has 4 heteroatoms. The number of hydrogen-bond donors (Lipinski definition) is 1. The Morgan fingerprint density at radius 1 is 1.36 bits per heavy atom. The second-order valence-electron chi connectivity index (χ2n) is 3.68. The van der Waals surface area contributed by atoms with Crippen LogP contribution in [-0.2, 0) is 6.61 Å². The van der Waals surface area contributed by atoms with Crippen molar-refractivity contribution in [2.45, 2.75) is 6.61 Å². The lowest BCUT2D eigenvalue weighted by atomic mass is 10.2. The fourth-order valence-electron chi connectivity index (χ4n) is 1.78. The molecule has 0 saturated carbocycles. The largest absolute Gasteiger partial charge is 0.465 e. The van der Waals surface area contributed by atoms with Crippen LogP contribution in [0.15, 0.2) is 16.7 Å². The van der Waals surface area contributed by atoms with Gasteiger partial charge in [0, 0.05) is 32.2 Å². The second-order valence-corrected chi connectivity index (χ2v) is 3.68. The quantitative estimate of drug-likeness (QED) is 0.748. The first-order valence-electron chi connectivity index (χ1n) is 4.92. The molecule has 0 amide bonds. The molecule has 2 heterocycles. The number of piperazine rings is 1. The molecule has 0 spiro atoms. The SMILES string of the molecule is CN1CCN(c2ccoc2CO)CC1. The van der Waals surface area contributed by atoms with E-state index in [1.807, 2.05) is 6.07 Å². The summed E-state index contributed by atoms with van der Waals surface area (Å²) < 4.78 is 5.19. The molecule has 1 N–H and O–H groups in total. The highest BCUT2D eigenvalue weighted by Crippen LogP contribution is 2.22. The summed E-state index contributed by atoms with van der Waals surface area (Å²) in [5.74, 6) is 0.676. The molecule has 0 unspecified atom stereocenters. The first-order valence-corrected chi connectivity index (χ1v) is 4.92. The topological polar surface area (TPSA) is 39.9 Å². The molecular formula is C10H16N2O2. The van der Waals surface area contributed by atoms with Gasteiger partial charge in [0.1, 0.15) is 6.61 Å². The van der Waals surface area contributed by atoms with Crippen molar-refractivity contribution in [1.82, 2.24) is 4.90 Å². The number of anilines is 1. The van der Waals surface area contributed by atoms with Crippen molar-refractivity contribution in [2.24, 2.45) is 0 Å². The number of likely N-dealkylation sites (N-methyl/N-ethyl adjacent to an activating group) is 1. The third-order valence-electron chi connectivity index (χ3n) is 2.71. The van der Waals surface area contributed by atoms with Crippen molar-refractivity contribution in [3.05, 3.63) is 18.1 Å². The van der Waals surface area contributed by atoms with Crippen molar-refractivity contribution in [1.29, 1.82) is 0 Å². The third kappa shape index (κ3) is 1.76. The van der Waals surface area contributed by atoms with Gasteiger partial charge in [-0.1, -0.05) is 0 Å². The van der Waals surface area contributed by atoms with E-state index in [1.165, 1.54) is 0 Å². The van der Waals surface area contributed by atoms with Crippen molar-refractivity contribution < 1.29 is 9.52 Å². The Labute approximate surface area is 83.7 Å². The standard InChI is InChI=1S/C10H16N2O2/c1-11-3-5-12(6-4-11)9-2-7-14-10(9)8-13/h2,7,13H,3-6,8H2,1H3. The van der Waals surface area contributed by atoms with E-state index in [9.17, 15) is 0 Å². The van der Waals surface area contributed by atoms with E-state index >= 15 is 0 Å². The lowest BCUT2D eigenvalue weighted by Crippen LogP contribution is -2.44. The first kappa shape index (κ1) is 9.55. The predicted octanol–water partition coefficient (Wildman–Crippen LogP) is 0.524. The Bertz CT molecular complexity index is 290. The summed E-state index contributed by atoms with van der Waals surface area (Å²) in [7, 11) is 2.12. The van der Waals surface area contributed by atoms with E-state index in [2.05, 4.69) is 16.8 Å². The molecule has 1 aliphatic heterocycles. The van der Waals surface area contributed by atoms with Crippen LogP contribution in [-0.4, -0.2) is 43.2 Å². The number of furan rings is 1. The van der Waals surface area contributed by atoms with Crippen LogP contribution in [0.3, 0.4) is 0 Å². The van der Waals surface area contributed by atoms with Gasteiger partial charge in [-0.05, 0) is 7.05 Å². The number of nitrogens with zero attached hydrogens (tertiary/aromatic N) is 2. The van der Waals surface area contributed by atoms with Crippen molar-refractivity contribution in [3.8, 4) is 0 Å². The van der Waals surface area contributed by atoms with E-state index in [0.29, 0.717) is 5.76 Å². The van der Waals surface area contributed by atoms with Crippen LogP contribution >= 0.6 is 0 Å². The Hall–Kier alpha value is -1.00. The number of aliphatic hydroxyl groups is 1. The molecule has 0 atom stereocenters. The highest BCUT2D eigenvalue weighted by molar-refractivity contribution is 5.49. The second kappa shape index (κ2) is 4.02. The lowest BCUT2D eigenvalue weighted by Gasteiger charge is -2.33. The van der Waals surface area contributed by atoms with Gasteiger partial charge < -0.3 is 19.3 Å². The zero-order valence-corrected chi connectivity index (χ0v) is 8.44. The molecule has 2 rings (SSSR count). The zero-order chi connectivity index (χ0) is 9.97. The molecule has 0 aliphatic carbocycles. The molecule has 0 bridgehead atoms. The zero-order valence-electron chi connectivity index (χ0n) is 8.44. The summed E-state index contributed by atoms with van der Waals surface area (Å²) in [4.78, 5) is 4.56. The van der Waals surface area contributed by atoms with Crippen LogP contribution in [0.2, 0.25) is 0 Å². The maximum atomic E-state index is 9.06. The van der Waals surface area contributed by atoms with Crippen molar-refractivity contribution in [2.75, 3.05) is 38.1 Å². The number of hydrogen-bond acceptors (Lipinski definition) is 4. The van der Waals surface area contributed by atoms with E-state index < -0.39 is 0 Å². The highest BCUT2D eigenvalue weighted by atomic mass is 16.4. The van der Waals surface area contributed by atoms with Crippen LogP contribution in [0.1, 0.15) is 5.76 Å². The normalized spacial score (nSPS) is 18.9. The van der Waals surface area contributed by atoms with Gasteiger partial charge in [0.05, 0.1) is 12.0 Å². The number of rotatable bonds is 2. The van der Waals surface area contributed by atoms with E-state index in [-0.39, 0.29) is 6.61 Å². The molecule has 1 aromatic heterocycles. The van der Waals surface area contributed by atoms with Crippen LogP contribution in [0.5, 0.6) is 0 Å². The first-order chi connectivity index (χ1) is 6.81. The van der Waals surface area contributed by atoms with Gasteiger partial charge in [0.25, 0.3) is 0 Å². The van der Waals surface area contributed by atoms with Gasteiger partial charge in [0.2, 0.25) is 0 Å². The molecule has 1 aliphatic rings. The summed E-state index contributed by atoms with van der Waals surface area (Å²) in [6.07, 6.45) is 1.64. The van der Waals surface area contributed by atoms with Gasteiger partial charge in [0.15, 0.2) is 5.76 Å². The monoisotopic (exact) mass is 196 g/mol. The maximum absolute atomic E-state index is 9.06. The van der Waals surface area contributed by atoms with Gasteiger partial charge in [-0.2, -0.15) is 0 Å². The Balaban J connectivity index is 2.08. The van der Waals surface area contributed by atoms with Crippen LogP contribution < -0.4 is 4.90 Å². The minimum Gasteiger partial charge on any atom is -0.465 e. The minimum atomic E-state index is -0.0192. The Morgan fingerprint density at radius 2 is 2.07 bits per heavy atom. The molecule has 4 nitrogen and oxygen atoms in total. The average molecular weight is 196 g/mol. The van der Waals surface area contributed by atoms with Crippen LogP contribution in [0.25, 0.3) is 0 Å². The lowest BCUT2D eigenvalue weighted by molar-refractivity contribution is 0.246. The smallest absolute Gasteiger partial charge is 0.152 e. The summed E-state index contributed by atoms with van der Waals surface area (Å²) in [6.45, 7) is 4.12. The molecular weight excluding hydrogens is 180 g/mol. The summed E-state index contributed by atoms with van der Waals surface area (Å²) in [6, 6.07) is 1.93. The van der Waals surface area contributed by atoms with Crippen LogP contribution in [0, 0.1) is 0 Å². The van der Waals surface area contributed by atoms with Crippen molar-refractivity contribution in [3.63, 3.8) is 0 Å².